The number of rotatable bonds is 5. The van der Waals surface area contributed by atoms with Gasteiger partial charge in [0, 0.05) is 0 Å². The summed E-state index contributed by atoms with van der Waals surface area (Å²) in [6.07, 6.45) is 1.89. The number of hydrogen-bond donors (Lipinski definition) is 1. The molecule has 0 saturated heterocycles. The summed E-state index contributed by atoms with van der Waals surface area (Å²) in [5.41, 5.74) is 1.95. The van der Waals surface area contributed by atoms with Crippen molar-refractivity contribution in [2.24, 2.45) is 0 Å². The summed E-state index contributed by atoms with van der Waals surface area (Å²) < 4.78 is 13.1. The number of halogens is 1. The van der Waals surface area contributed by atoms with Gasteiger partial charge in [0.2, 0.25) is 0 Å². The standard InChI is InChI=1S/C19H18FN3OS2/c1-11(13-6-8-14(20)9-7-13)22-18(24)16-12(2)21-17(23-19(16)25-3)15-5-4-10-26-15/h4-11H,1-3H3,(H,22,24). The molecular formula is C19H18FN3OS2. The largest absolute Gasteiger partial charge is 0.345 e. The van der Waals surface area contributed by atoms with Gasteiger partial charge >= 0.3 is 0 Å². The highest BCUT2D eigenvalue weighted by atomic mass is 32.2. The van der Waals surface area contributed by atoms with Crippen LogP contribution in [0.25, 0.3) is 10.7 Å². The second kappa shape index (κ2) is 7.97. The molecule has 0 aliphatic rings. The van der Waals surface area contributed by atoms with Crippen LogP contribution < -0.4 is 5.32 Å². The number of nitrogens with zero attached hydrogens (tertiary/aromatic N) is 2. The summed E-state index contributed by atoms with van der Waals surface area (Å²) in [4.78, 5) is 22.9. The van der Waals surface area contributed by atoms with Crippen molar-refractivity contribution < 1.29 is 9.18 Å². The van der Waals surface area contributed by atoms with Crippen LogP contribution in [0.15, 0.2) is 46.8 Å². The number of thioether (sulfide) groups is 1. The Hall–Kier alpha value is -2.25. The Morgan fingerprint density at radius 3 is 2.58 bits per heavy atom. The van der Waals surface area contributed by atoms with Gasteiger partial charge in [0.25, 0.3) is 5.91 Å². The van der Waals surface area contributed by atoms with Crippen LogP contribution in [0, 0.1) is 12.7 Å². The topological polar surface area (TPSA) is 54.9 Å². The average Bonchev–Trinajstić information content (AvgIpc) is 3.16. The molecule has 0 aliphatic carbocycles. The summed E-state index contributed by atoms with van der Waals surface area (Å²) in [6, 6.07) is 9.75. The molecule has 1 aromatic carbocycles. The number of benzene rings is 1. The van der Waals surface area contributed by atoms with Gasteiger partial charge in [-0.25, -0.2) is 14.4 Å². The van der Waals surface area contributed by atoms with Crippen molar-refractivity contribution in [1.82, 2.24) is 15.3 Å². The minimum atomic E-state index is -0.301. The lowest BCUT2D eigenvalue weighted by Gasteiger charge is -2.17. The van der Waals surface area contributed by atoms with Crippen LogP contribution in [0.2, 0.25) is 0 Å². The first-order valence-corrected chi connectivity index (χ1v) is 10.1. The van der Waals surface area contributed by atoms with E-state index in [0.29, 0.717) is 22.1 Å². The Bertz CT molecular complexity index is 911. The number of thiophene rings is 1. The minimum absolute atomic E-state index is 0.235. The van der Waals surface area contributed by atoms with Crippen molar-refractivity contribution in [3.05, 3.63) is 64.4 Å². The van der Waals surface area contributed by atoms with Crippen LogP contribution in [-0.2, 0) is 0 Å². The summed E-state index contributed by atoms with van der Waals surface area (Å²) in [5, 5.41) is 5.56. The van der Waals surface area contributed by atoms with E-state index >= 15 is 0 Å². The molecule has 134 valence electrons. The van der Waals surface area contributed by atoms with Crippen molar-refractivity contribution in [2.75, 3.05) is 6.26 Å². The first-order valence-electron chi connectivity index (χ1n) is 8.02. The lowest BCUT2D eigenvalue weighted by atomic mass is 10.1. The molecule has 3 rings (SSSR count). The normalized spacial score (nSPS) is 12.0. The lowest BCUT2D eigenvalue weighted by Crippen LogP contribution is -2.28. The van der Waals surface area contributed by atoms with Gasteiger partial charge in [-0.15, -0.1) is 23.1 Å². The van der Waals surface area contributed by atoms with Crippen molar-refractivity contribution >= 4 is 29.0 Å². The van der Waals surface area contributed by atoms with Gasteiger partial charge in [0.05, 0.1) is 22.2 Å². The maximum atomic E-state index is 13.1. The third kappa shape index (κ3) is 3.94. The minimum Gasteiger partial charge on any atom is -0.345 e. The fourth-order valence-corrected chi connectivity index (χ4v) is 3.86. The quantitative estimate of drug-likeness (QED) is 0.501. The average molecular weight is 388 g/mol. The molecule has 2 heterocycles. The van der Waals surface area contributed by atoms with E-state index in [1.54, 1.807) is 23.5 Å². The summed E-state index contributed by atoms with van der Waals surface area (Å²) >= 11 is 2.98. The van der Waals surface area contributed by atoms with Crippen LogP contribution in [0.1, 0.15) is 34.6 Å². The highest BCUT2D eigenvalue weighted by Crippen LogP contribution is 2.27. The van der Waals surface area contributed by atoms with Gasteiger partial charge in [0.1, 0.15) is 10.8 Å². The Kier molecular flexibility index (Phi) is 5.68. The number of amides is 1. The van der Waals surface area contributed by atoms with Crippen molar-refractivity contribution in [3.63, 3.8) is 0 Å². The molecule has 0 aliphatic heterocycles. The van der Waals surface area contributed by atoms with Crippen molar-refractivity contribution in [3.8, 4) is 10.7 Å². The van der Waals surface area contributed by atoms with E-state index < -0.39 is 0 Å². The molecular weight excluding hydrogens is 369 g/mol. The van der Waals surface area contributed by atoms with Crippen molar-refractivity contribution in [2.45, 2.75) is 24.9 Å². The molecule has 0 spiro atoms. The Labute approximate surface area is 159 Å². The summed E-state index contributed by atoms with van der Waals surface area (Å²) in [6.45, 7) is 3.68. The van der Waals surface area contributed by atoms with Gasteiger partial charge in [-0.1, -0.05) is 18.2 Å². The highest BCUT2D eigenvalue weighted by molar-refractivity contribution is 7.98. The number of carbonyl (C=O) groups is 1. The maximum Gasteiger partial charge on any atom is 0.256 e. The maximum absolute atomic E-state index is 13.1. The third-order valence-corrected chi connectivity index (χ3v) is 5.48. The third-order valence-electron chi connectivity index (χ3n) is 3.94. The molecule has 1 amide bonds. The zero-order valence-corrected chi connectivity index (χ0v) is 16.2. The predicted octanol–water partition coefficient (Wildman–Crippen LogP) is 4.87. The van der Waals surface area contributed by atoms with Crippen LogP contribution in [0.5, 0.6) is 0 Å². The number of aromatic nitrogens is 2. The Balaban J connectivity index is 1.87. The molecule has 0 bridgehead atoms. The molecule has 0 radical (unpaired) electrons. The smallest absolute Gasteiger partial charge is 0.256 e. The highest BCUT2D eigenvalue weighted by Gasteiger charge is 2.21. The van der Waals surface area contributed by atoms with E-state index in [1.165, 1.54) is 23.9 Å². The molecule has 1 atom stereocenters. The number of carbonyl (C=O) groups excluding carboxylic acids is 1. The van der Waals surface area contributed by atoms with Crippen LogP contribution in [0.3, 0.4) is 0 Å². The predicted molar refractivity (Wildman–Crippen MR) is 104 cm³/mol. The fourth-order valence-electron chi connectivity index (χ4n) is 2.58. The van der Waals surface area contributed by atoms with Gasteiger partial charge in [-0.05, 0) is 49.2 Å². The monoisotopic (exact) mass is 387 g/mol. The van der Waals surface area contributed by atoms with E-state index in [-0.39, 0.29) is 17.8 Å². The number of aryl methyl sites for hydroxylation is 1. The molecule has 0 saturated carbocycles. The van der Waals surface area contributed by atoms with Gasteiger partial charge in [0.15, 0.2) is 5.82 Å². The van der Waals surface area contributed by atoms with Crippen LogP contribution in [-0.4, -0.2) is 22.1 Å². The summed E-state index contributed by atoms with van der Waals surface area (Å²) in [7, 11) is 0. The molecule has 2 aromatic heterocycles. The molecule has 26 heavy (non-hydrogen) atoms. The van der Waals surface area contributed by atoms with Crippen LogP contribution in [0.4, 0.5) is 4.39 Å². The van der Waals surface area contributed by atoms with Crippen LogP contribution >= 0.6 is 23.1 Å². The van der Waals surface area contributed by atoms with E-state index in [2.05, 4.69) is 15.3 Å². The first kappa shape index (κ1) is 18.5. The molecule has 1 N–H and O–H groups in total. The van der Waals surface area contributed by atoms with E-state index in [9.17, 15) is 9.18 Å². The van der Waals surface area contributed by atoms with E-state index in [4.69, 9.17) is 0 Å². The van der Waals surface area contributed by atoms with Gasteiger partial charge < -0.3 is 5.32 Å². The van der Waals surface area contributed by atoms with Crippen molar-refractivity contribution in [1.29, 1.82) is 0 Å². The zero-order chi connectivity index (χ0) is 18.7. The zero-order valence-electron chi connectivity index (χ0n) is 14.6. The number of hydrogen-bond acceptors (Lipinski definition) is 5. The SMILES string of the molecule is CSc1nc(-c2cccs2)nc(C)c1C(=O)NC(C)c1ccc(F)cc1. The van der Waals surface area contributed by atoms with Gasteiger partial charge in [-0.2, -0.15) is 0 Å². The second-order valence-corrected chi connectivity index (χ2v) is 7.48. The summed E-state index contributed by atoms with van der Waals surface area (Å²) in [5.74, 6) is 0.0942. The second-order valence-electron chi connectivity index (χ2n) is 5.74. The first-order chi connectivity index (χ1) is 12.5. The van der Waals surface area contributed by atoms with E-state index in [1.807, 2.05) is 37.6 Å². The molecule has 4 nitrogen and oxygen atoms in total. The number of nitrogens with one attached hydrogen (secondary N) is 1. The van der Waals surface area contributed by atoms with Gasteiger partial charge in [-0.3, -0.25) is 4.79 Å². The molecule has 3 aromatic rings. The Morgan fingerprint density at radius 2 is 1.96 bits per heavy atom. The Morgan fingerprint density at radius 1 is 1.23 bits per heavy atom. The molecule has 0 fully saturated rings. The van der Waals surface area contributed by atoms with E-state index in [0.717, 1.165) is 10.4 Å². The molecule has 1 unspecified atom stereocenters. The fraction of sp³-hybridized carbons (Fsp3) is 0.211. The lowest BCUT2D eigenvalue weighted by molar-refractivity contribution is 0.0935. The molecule has 7 heteroatoms.